The first-order valence-corrected chi connectivity index (χ1v) is 6.74. The van der Waals surface area contributed by atoms with Gasteiger partial charge in [0.1, 0.15) is 6.04 Å². The Kier molecular flexibility index (Phi) is 4.87. The summed E-state index contributed by atoms with van der Waals surface area (Å²) in [5.41, 5.74) is -0.578. The van der Waals surface area contributed by atoms with Crippen LogP contribution in [0.1, 0.15) is 19.8 Å². The highest BCUT2D eigenvalue weighted by atomic mass is 19.2. The molecule has 0 aromatic heterocycles. The van der Waals surface area contributed by atoms with Crippen molar-refractivity contribution < 1.29 is 32.3 Å². The van der Waals surface area contributed by atoms with Gasteiger partial charge in [-0.1, -0.05) is 0 Å². The number of carbonyl (C=O) groups excluding carboxylic acids is 3. The van der Waals surface area contributed by atoms with E-state index in [-0.39, 0.29) is 18.7 Å². The molecule has 0 aliphatic carbocycles. The Balaban J connectivity index is 1.96. The van der Waals surface area contributed by atoms with Gasteiger partial charge in [0.15, 0.2) is 23.6 Å². The molecule has 0 radical (unpaired) electrons. The minimum Gasteiger partial charge on any atom is -0.451 e. The van der Waals surface area contributed by atoms with Gasteiger partial charge in [-0.3, -0.25) is 9.59 Å². The standard InChI is InChI=1S/C14H13F3N2O4/c1-6(23-14(22)9-4-5-10(20)18-9)13(21)19-8-3-2-7(15)11(16)12(8)17/h2-3,6,9H,4-5H2,1H3,(H,18,20)(H,19,21)/t6-,9-/m0/s1. The predicted octanol–water partition coefficient (Wildman–Crippen LogP) is 1.25. The van der Waals surface area contributed by atoms with Crippen molar-refractivity contribution in [1.29, 1.82) is 0 Å². The first kappa shape index (κ1) is 16.8. The fraction of sp³-hybridized carbons (Fsp3) is 0.357. The summed E-state index contributed by atoms with van der Waals surface area (Å²) in [5, 5.41) is 4.37. The number of ether oxygens (including phenoxy) is 1. The molecule has 2 atom stereocenters. The zero-order chi connectivity index (χ0) is 17.1. The molecule has 0 saturated carbocycles. The van der Waals surface area contributed by atoms with E-state index in [0.717, 1.165) is 6.07 Å². The molecule has 0 spiro atoms. The number of nitrogens with one attached hydrogen (secondary N) is 2. The molecule has 1 saturated heterocycles. The van der Waals surface area contributed by atoms with Gasteiger partial charge in [0, 0.05) is 6.42 Å². The molecule has 1 aromatic rings. The predicted molar refractivity (Wildman–Crippen MR) is 71.7 cm³/mol. The smallest absolute Gasteiger partial charge is 0.329 e. The second kappa shape index (κ2) is 6.67. The number of anilines is 1. The molecule has 9 heteroatoms. The number of benzene rings is 1. The SMILES string of the molecule is C[C@H](OC(=O)[C@@H]1CCC(=O)N1)C(=O)Nc1ccc(F)c(F)c1F. The second-order valence-corrected chi connectivity index (χ2v) is 4.95. The van der Waals surface area contributed by atoms with E-state index in [9.17, 15) is 27.6 Å². The van der Waals surface area contributed by atoms with Crippen molar-refractivity contribution in [3.05, 3.63) is 29.6 Å². The highest BCUT2D eigenvalue weighted by Gasteiger charge is 2.31. The van der Waals surface area contributed by atoms with E-state index in [1.54, 1.807) is 0 Å². The largest absolute Gasteiger partial charge is 0.451 e. The van der Waals surface area contributed by atoms with Gasteiger partial charge in [-0.2, -0.15) is 0 Å². The van der Waals surface area contributed by atoms with Gasteiger partial charge < -0.3 is 15.4 Å². The van der Waals surface area contributed by atoms with Crippen LogP contribution in [0, 0.1) is 17.5 Å². The van der Waals surface area contributed by atoms with Crippen molar-refractivity contribution in [1.82, 2.24) is 5.32 Å². The van der Waals surface area contributed by atoms with Crippen LogP contribution in [-0.4, -0.2) is 29.9 Å². The molecule has 1 heterocycles. The fourth-order valence-corrected chi connectivity index (χ4v) is 1.96. The Morgan fingerprint density at radius 3 is 2.61 bits per heavy atom. The topological polar surface area (TPSA) is 84.5 Å². The van der Waals surface area contributed by atoms with Crippen LogP contribution in [0.3, 0.4) is 0 Å². The van der Waals surface area contributed by atoms with E-state index in [1.165, 1.54) is 6.92 Å². The molecule has 1 aromatic carbocycles. The summed E-state index contributed by atoms with van der Waals surface area (Å²) in [5.74, 6) is -6.69. The third-order valence-corrected chi connectivity index (χ3v) is 3.24. The van der Waals surface area contributed by atoms with Crippen molar-refractivity contribution in [2.24, 2.45) is 0 Å². The van der Waals surface area contributed by atoms with Crippen molar-refractivity contribution >= 4 is 23.5 Å². The first-order valence-electron chi connectivity index (χ1n) is 6.74. The molecular formula is C14H13F3N2O4. The molecule has 1 aliphatic rings. The van der Waals surface area contributed by atoms with Gasteiger partial charge in [0.2, 0.25) is 5.91 Å². The monoisotopic (exact) mass is 330 g/mol. The second-order valence-electron chi connectivity index (χ2n) is 4.95. The van der Waals surface area contributed by atoms with Gasteiger partial charge in [0.05, 0.1) is 5.69 Å². The van der Waals surface area contributed by atoms with Crippen LogP contribution in [0.2, 0.25) is 0 Å². The molecule has 6 nitrogen and oxygen atoms in total. The van der Waals surface area contributed by atoms with Crippen LogP contribution in [0.15, 0.2) is 12.1 Å². The van der Waals surface area contributed by atoms with E-state index in [0.29, 0.717) is 6.07 Å². The summed E-state index contributed by atoms with van der Waals surface area (Å²) in [6.07, 6.45) is -0.878. The molecule has 23 heavy (non-hydrogen) atoms. The Bertz CT molecular complexity index is 666. The lowest BCUT2D eigenvalue weighted by molar-refractivity contribution is -0.155. The van der Waals surface area contributed by atoms with E-state index in [2.05, 4.69) is 5.32 Å². The van der Waals surface area contributed by atoms with E-state index >= 15 is 0 Å². The number of halogens is 3. The summed E-state index contributed by atoms with van der Waals surface area (Å²) in [6.45, 7) is 1.22. The Hall–Kier alpha value is -2.58. The van der Waals surface area contributed by atoms with E-state index in [4.69, 9.17) is 4.74 Å². The quantitative estimate of drug-likeness (QED) is 0.643. The van der Waals surface area contributed by atoms with E-state index < -0.39 is 47.2 Å². The normalized spacial score (nSPS) is 18.3. The molecule has 2 rings (SSSR count). The van der Waals surface area contributed by atoms with E-state index in [1.807, 2.05) is 5.32 Å². The van der Waals surface area contributed by atoms with Gasteiger partial charge >= 0.3 is 5.97 Å². The third kappa shape index (κ3) is 3.79. The molecule has 0 unspecified atom stereocenters. The summed E-state index contributed by atoms with van der Waals surface area (Å²) >= 11 is 0. The molecule has 1 fully saturated rings. The lowest BCUT2D eigenvalue weighted by Crippen LogP contribution is -2.39. The highest BCUT2D eigenvalue weighted by molar-refractivity contribution is 5.96. The minimum absolute atomic E-state index is 0.181. The maximum Gasteiger partial charge on any atom is 0.329 e. The maximum absolute atomic E-state index is 13.5. The highest BCUT2D eigenvalue weighted by Crippen LogP contribution is 2.20. The van der Waals surface area contributed by atoms with Gasteiger partial charge in [-0.05, 0) is 25.5 Å². The third-order valence-electron chi connectivity index (χ3n) is 3.24. The Morgan fingerprint density at radius 2 is 2.00 bits per heavy atom. The molecule has 0 bridgehead atoms. The van der Waals surface area contributed by atoms with Crippen LogP contribution < -0.4 is 10.6 Å². The van der Waals surface area contributed by atoms with Crippen molar-refractivity contribution in [2.45, 2.75) is 31.9 Å². The zero-order valence-electron chi connectivity index (χ0n) is 12.0. The van der Waals surface area contributed by atoms with Crippen LogP contribution in [0.4, 0.5) is 18.9 Å². The first-order chi connectivity index (χ1) is 10.8. The summed E-state index contributed by atoms with van der Waals surface area (Å²) < 4.78 is 44.2. The van der Waals surface area contributed by atoms with Crippen molar-refractivity contribution in [3.8, 4) is 0 Å². The number of hydrogen-bond donors (Lipinski definition) is 2. The average molecular weight is 330 g/mol. The number of rotatable bonds is 4. The molecule has 2 amide bonds. The van der Waals surface area contributed by atoms with Crippen LogP contribution in [0.25, 0.3) is 0 Å². The van der Waals surface area contributed by atoms with Crippen molar-refractivity contribution in [2.75, 3.05) is 5.32 Å². The van der Waals surface area contributed by atoms with Gasteiger partial charge in [-0.25, -0.2) is 18.0 Å². The van der Waals surface area contributed by atoms with Crippen LogP contribution >= 0.6 is 0 Å². The Morgan fingerprint density at radius 1 is 1.30 bits per heavy atom. The summed E-state index contributed by atoms with van der Waals surface area (Å²) in [6, 6.07) is 0.661. The maximum atomic E-state index is 13.5. The van der Waals surface area contributed by atoms with Crippen LogP contribution in [0.5, 0.6) is 0 Å². The number of hydrogen-bond acceptors (Lipinski definition) is 4. The summed E-state index contributed by atoms with van der Waals surface area (Å²) in [4.78, 5) is 34.5. The fourth-order valence-electron chi connectivity index (χ4n) is 1.96. The zero-order valence-corrected chi connectivity index (χ0v) is 12.0. The average Bonchev–Trinajstić information content (AvgIpc) is 2.94. The lowest BCUT2D eigenvalue weighted by Gasteiger charge is -2.16. The van der Waals surface area contributed by atoms with Crippen molar-refractivity contribution in [3.63, 3.8) is 0 Å². The Labute approximate surface area is 129 Å². The number of amides is 2. The minimum atomic E-state index is -1.72. The lowest BCUT2D eigenvalue weighted by atomic mass is 10.2. The van der Waals surface area contributed by atoms with Gasteiger partial charge in [-0.15, -0.1) is 0 Å². The molecular weight excluding hydrogens is 317 g/mol. The molecule has 2 N–H and O–H groups in total. The van der Waals surface area contributed by atoms with Crippen LogP contribution in [-0.2, 0) is 19.1 Å². The number of carbonyl (C=O) groups is 3. The summed E-state index contributed by atoms with van der Waals surface area (Å²) in [7, 11) is 0. The number of esters is 1. The molecule has 1 aliphatic heterocycles. The molecule has 124 valence electrons. The van der Waals surface area contributed by atoms with Gasteiger partial charge in [0.25, 0.3) is 5.91 Å².